The second-order valence-electron chi connectivity index (χ2n) is 3.42. The van der Waals surface area contributed by atoms with Gasteiger partial charge in [0.2, 0.25) is 0 Å². The van der Waals surface area contributed by atoms with Crippen molar-refractivity contribution in [3.05, 3.63) is 11.5 Å². The minimum Gasteiger partial charge on any atom is -0.393 e. The number of aliphatic hydroxyl groups excluding tert-OH is 1. The van der Waals surface area contributed by atoms with Gasteiger partial charge >= 0.3 is 0 Å². The van der Waals surface area contributed by atoms with Gasteiger partial charge in [0.15, 0.2) is 11.0 Å². The zero-order valence-electron chi connectivity index (χ0n) is 9.50. The van der Waals surface area contributed by atoms with Crippen LogP contribution in [-0.4, -0.2) is 34.8 Å². The highest BCUT2D eigenvalue weighted by molar-refractivity contribution is 6.32. The van der Waals surface area contributed by atoms with E-state index in [-0.39, 0.29) is 6.10 Å². The third-order valence-electron chi connectivity index (χ3n) is 2.29. The Labute approximate surface area is 100 Å². The molecule has 3 N–H and O–H groups in total. The second kappa shape index (κ2) is 6.50. The van der Waals surface area contributed by atoms with Crippen LogP contribution in [0.4, 0.5) is 11.5 Å². The largest absolute Gasteiger partial charge is 0.393 e. The van der Waals surface area contributed by atoms with Crippen LogP contribution in [-0.2, 0) is 0 Å². The third kappa shape index (κ3) is 3.50. The van der Waals surface area contributed by atoms with Crippen molar-refractivity contribution in [3.63, 3.8) is 0 Å². The fourth-order valence-corrected chi connectivity index (χ4v) is 1.51. The summed E-state index contributed by atoms with van der Waals surface area (Å²) < 4.78 is 0. The third-order valence-corrected chi connectivity index (χ3v) is 2.58. The van der Waals surface area contributed by atoms with Gasteiger partial charge in [-0.15, -0.1) is 0 Å². The SMILES string of the molecule is CCC(O)CCNc1ncnc(Cl)c1NC. The molecule has 1 aromatic rings. The molecule has 0 aliphatic rings. The molecule has 0 aliphatic heterocycles. The molecule has 1 aromatic heterocycles. The average molecular weight is 245 g/mol. The molecule has 5 nitrogen and oxygen atoms in total. The lowest BCUT2D eigenvalue weighted by Crippen LogP contribution is -2.14. The minimum absolute atomic E-state index is 0.275. The normalized spacial score (nSPS) is 12.2. The Morgan fingerprint density at radius 2 is 2.25 bits per heavy atom. The number of aliphatic hydroxyl groups is 1. The highest BCUT2D eigenvalue weighted by Crippen LogP contribution is 2.25. The number of nitrogens with one attached hydrogen (secondary N) is 2. The highest BCUT2D eigenvalue weighted by Gasteiger charge is 2.08. The maximum atomic E-state index is 9.40. The van der Waals surface area contributed by atoms with Crippen LogP contribution in [0.2, 0.25) is 5.15 Å². The van der Waals surface area contributed by atoms with Crippen LogP contribution in [0.5, 0.6) is 0 Å². The van der Waals surface area contributed by atoms with Crippen LogP contribution in [0, 0.1) is 0 Å². The lowest BCUT2D eigenvalue weighted by Gasteiger charge is -2.12. The number of hydrogen-bond acceptors (Lipinski definition) is 5. The molecule has 16 heavy (non-hydrogen) atoms. The van der Waals surface area contributed by atoms with Gasteiger partial charge in [0.1, 0.15) is 12.0 Å². The van der Waals surface area contributed by atoms with Gasteiger partial charge in [0.05, 0.1) is 6.10 Å². The van der Waals surface area contributed by atoms with Crippen LogP contribution >= 0.6 is 11.6 Å². The molecule has 1 unspecified atom stereocenters. The summed E-state index contributed by atoms with van der Waals surface area (Å²) in [5, 5.41) is 15.8. The second-order valence-corrected chi connectivity index (χ2v) is 3.77. The Kier molecular flexibility index (Phi) is 5.28. The van der Waals surface area contributed by atoms with Crippen LogP contribution in [0.1, 0.15) is 19.8 Å². The van der Waals surface area contributed by atoms with Crippen LogP contribution in [0.15, 0.2) is 6.33 Å². The van der Waals surface area contributed by atoms with Gasteiger partial charge in [0, 0.05) is 13.6 Å². The maximum absolute atomic E-state index is 9.40. The molecule has 0 aliphatic carbocycles. The molecule has 0 spiro atoms. The molecule has 0 bridgehead atoms. The first-order valence-corrected chi connectivity index (χ1v) is 5.67. The fourth-order valence-electron chi connectivity index (χ4n) is 1.28. The zero-order chi connectivity index (χ0) is 12.0. The van der Waals surface area contributed by atoms with Crippen molar-refractivity contribution in [1.29, 1.82) is 0 Å². The smallest absolute Gasteiger partial charge is 0.157 e. The van der Waals surface area contributed by atoms with Gasteiger partial charge in [-0.1, -0.05) is 18.5 Å². The standard InChI is InChI=1S/C10H17ClN4O/c1-3-7(16)4-5-13-10-8(12-2)9(11)14-6-15-10/h6-7,12,16H,3-5H2,1-2H3,(H,13,14,15). The van der Waals surface area contributed by atoms with E-state index in [0.29, 0.717) is 29.6 Å². The molecular formula is C10H17ClN4O. The van der Waals surface area contributed by atoms with Crippen molar-refractivity contribution in [3.8, 4) is 0 Å². The number of rotatable bonds is 6. The summed E-state index contributed by atoms with van der Waals surface area (Å²) in [5.41, 5.74) is 0.676. The van der Waals surface area contributed by atoms with Gasteiger partial charge in [-0.2, -0.15) is 0 Å². The van der Waals surface area contributed by atoms with E-state index < -0.39 is 0 Å². The van der Waals surface area contributed by atoms with E-state index in [9.17, 15) is 5.11 Å². The maximum Gasteiger partial charge on any atom is 0.157 e. The molecular weight excluding hydrogens is 228 g/mol. The molecule has 0 fully saturated rings. The van der Waals surface area contributed by atoms with E-state index >= 15 is 0 Å². The van der Waals surface area contributed by atoms with E-state index in [4.69, 9.17) is 11.6 Å². The summed E-state index contributed by atoms with van der Waals surface area (Å²) in [7, 11) is 1.76. The Hall–Kier alpha value is -1.07. The Morgan fingerprint density at radius 1 is 1.50 bits per heavy atom. The lowest BCUT2D eigenvalue weighted by atomic mass is 10.2. The number of halogens is 1. The predicted octanol–water partition coefficient (Wildman–Crippen LogP) is 1.74. The Morgan fingerprint density at radius 3 is 2.88 bits per heavy atom. The van der Waals surface area contributed by atoms with Gasteiger partial charge < -0.3 is 15.7 Å². The molecule has 0 aromatic carbocycles. The topological polar surface area (TPSA) is 70.1 Å². The van der Waals surface area contributed by atoms with Crippen LogP contribution < -0.4 is 10.6 Å². The van der Waals surface area contributed by atoms with Gasteiger partial charge in [-0.25, -0.2) is 9.97 Å². The summed E-state index contributed by atoms with van der Waals surface area (Å²) in [6.07, 6.45) is 2.57. The summed E-state index contributed by atoms with van der Waals surface area (Å²) >= 11 is 5.90. The van der Waals surface area contributed by atoms with E-state index in [0.717, 1.165) is 6.42 Å². The van der Waals surface area contributed by atoms with Gasteiger partial charge in [0.25, 0.3) is 0 Å². The van der Waals surface area contributed by atoms with Crippen molar-refractivity contribution in [2.75, 3.05) is 24.2 Å². The molecule has 90 valence electrons. The summed E-state index contributed by atoms with van der Waals surface area (Å²) in [6, 6.07) is 0. The first-order valence-electron chi connectivity index (χ1n) is 5.29. The molecule has 0 saturated carbocycles. The van der Waals surface area contributed by atoms with Gasteiger partial charge in [-0.05, 0) is 12.8 Å². The summed E-state index contributed by atoms with van der Waals surface area (Å²) in [6.45, 7) is 2.60. The first-order chi connectivity index (χ1) is 7.69. The van der Waals surface area contributed by atoms with E-state index in [2.05, 4.69) is 20.6 Å². The number of anilines is 2. The average Bonchev–Trinajstić information content (AvgIpc) is 2.29. The number of aromatic nitrogens is 2. The molecule has 0 radical (unpaired) electrons. The first kappa shape index (κ1) is 13.0. The molecule has 0 amide bonds. The van der Waals surface area contributed by atoms with Crippen molar-refractivity contribution in [2.45, 2.75) is 25.9 Å². The van der Waals surface area contributed by atoms with Crippen molar-refractivity contribution >= 4 is 23.1 Å². The van der Waals surface area contributed by atoms with Crippen molar-refractivity contribution < 1.29 is 5.11 Å². The van der Waals surface area contributed by atoms with E-state index in [1.807, 2.05) is 6.92 Å². The lowest BCUT2D eigenvalue weighted by molar-refractivity contribution is 0.164. The predicted molar refractivity (Wildman–Crippen MR) is 66.0 cm³/mol. The minimum atomic E-state index is -0.275. The number of nitrogens with zero attached hydrogens (tertiary/aromatic N) is 2. The Balaban J connectivity index is 2.56. The zero-order valence-corrected chi connectivity index (χ0v) is 10.3. The fraction of sp³-hybridized carbons (Fsp3) is 0.600. The van der Waals surface area contributed by atoms with Crippen molar-refractivity contribution in [1.82, 2.24) is 9.97 Å². The van der Waals surface area contributed by atoms with E-state index in [1.165, 1.54) is 6.33 Å². The molecule has 1 atom stereocenters. The summed E-state index contributed by atoms with van der Waals surface area (Å²) in [4.78, 5) is 7.95. The number of hydrogen-bond donors (Lipinski definition) is 3. The molecule has 1 heterocycles. The Bertz CT molecular complexity index is 335. The summed E-state index contributed by atoms with van der Waals surface area (Å²) in [5.74, 6) is 0.658. The van der Waals surface area contributed by atoms with Gasteiger partial charge in [-0.3, -0.25) is 0 Å². The molecule has 6 heteroatoms. The molecule has 0 saturated heterocycles. The monoisotopic (exact) mass is 244 g/mol. The van der Waals surface area contributed by atoms with E-state index in [1.54, 1.807) is 7.05 Å². The highest BCUT2D eigenvalue weighted by atomic mass is 35.5. The van der Waals surface area contributed by atoms with Crippen LogP contribution in [0.25, 0.3) is 0 Å². The quantitative estimate of drug-likeness (QED) is 0.665. The van der Waals surface area contributed by atoms with Crippen LogP contribution in [0.3, 0.4) is 0 Å². The van der Waals surface area contributed by atoms with Crippen molar-refractivity contribution in [2.24, 2.45) is 0 Å². The molecule has 1 rings (SSSR count).